The lowest BCUT2D eigenvalue weighted by Crippen LogP contribution is -2.47. The maximum absolute atomic E-state index is 13.3. The number of H-pyrrole nitrogens is 1. The zero-order chi connectivity index (χ0) is 24.8. The van der Waals surface area contributed by atoms with E-state index in [1.807, 2.05) is 42.5 Å². The molecule has 8 nitrogen and oxygen atoms in total. The van der Waals surface area contributed by atoms with E-state index in [2.05, 4.69) is 22.1 Å². The number of nitrogens with one attached hydrogen (secondary N) is 2. The monoisotopic (exact) mass is 478 g/mol. The summed E-state index contributed by atoms with van der Waals surface area (Å²) in [5.74, 6) is 1.13. The molecule has 0 bridgehead atoms. The van der Waals surface area contributed by atoms with Crippen LogP contribution in [0.1, 0.15) is 30.9 Å². The summed E-state index contributed by atoms with van der Waals surface area (Å²) in [5, 5.41) is 3.85. The Labute approximate surface area is 205 Å². The number of aromatic nitrogens is 1. The zero-order valence-corrected chi connectivity index (χ0v) is 20.7. The lowest BCUT2D eigenvalue weighted by atomic mass is 10.1. The van der Waals surface area contributed by atoms with Crippen molar-refractivity contribution in [3.8, 4) is 11.5 Å². The van der Waals surface area contributed by atoms with Crippen molar-refractivity contribution in [3.63, 3.8) is 0 Å². The van der Waals surface area contributed by atoms with Gasteiger partial charge in [-0.25, -0.2) is 4.79 Å². The largest absolute Gasteiger partial charge is 0.493 e. The summed E-state index contributed by atoms with van der Waals surface area (Å²) in [6, 6.07) is 15.4. The summed E-state index contributed by atoms with van der Waals surface area (Å²) in [7, 11) is 3.14. The summed E-state index contributed by atoms with van der Waals surface area (Å²) < 4.78 is 10.8. The molecular weight excluding hydrogens is 444 g/mol. The third-order valence-corrected chi connectivity index (χ3v) is 6.70. The number of amides is 2. The van der Waals surface area contributed by atoms with E-state index in [1.165, 1.54) is 0 Å². The molecule has 1 atom stereocenters. The first-order chi connectivity index (χ1) is 17.0. The molecule has 1 fully saturated rings. The molecule has 186 valence electrons. The quantitative estimate of drug-likeness (QED) is 0.489. The van der Waals surface area contributed by atoms with Crippen LogP contribution in [-0.2, 0) is 13.1 Å². The molecule has 0 aliphatic carbocycles. The third-order valence-electron chi connectivity index (χ3n) is 6.70. The Morgan fingerprint density at radius 2 is 1.89 bits per heavy atom. The zero-order valence-electron chi connectivity index (χ0n) is 20.7. The molecule has 0 saturated carbocycles. The molecule has 1 aliphatic heterocycles. The summed E-state index contributed by atoms with van der Waals surface area (Å²) in [6.07, 6.45) is 2.16. The molecule has 2 N–H and O–H groups in total. The van der Waals surface area contributed by atoms with Gasteiger partial charge in [0.05, 0.1) is 26.3 Å². The number of nitrogens with zero attached hydrogens (tertiary/aromatic N) is 2. The highest BCUT2D eigenvalue weighted by Gasteiger charge is 2.27. The molecule has 2 heterocycles. The number of hydrogen-bond donors (Lipinski definition) is 2. The molecule has 2 aromatic carbocycles. The summed E-state index contributed by atoms with van der Waals surface area (Å²) >= 11 is 0. The lowest BCUT2D eigenvalue weighted by molar-refractivity contribution is 0.164. The van der Waals surface area contributed by atoms with Gasteiger partial charge in [0.25, 0.3) is 5.56 Å². The van der Waals surface area contributed by atoms with Crippen molar-refractivity contribution in [2.45, 2.75) is 38.9 Å². The maximum Gasteiger partial charge on any atom is 0.318 e. The predicted octanol–water partition coefficient (Wildman–Crippen LogP) is 3.74. The van der Waals surface area contributed by atoms with Crippen molar-refractivity contribution in [3.05, 3.63) is 70.0 Å². The topological polar surface area (TPSA) is 86.9 Å². The highest BCUT2D eigenvalue weighted by Crippen LogP contribution is 2.31. The van der Waals surface area contributed by atoms with Crippen molar-refractivity contribution in [2.24, 2.45) is 0 Å². The number of ether oxygens (including phenoxy) is 2. The Bertz CT molecular complexity index is 1210. The second-order valence-electron chi connectivity index (χ2n) is 8.87. The molecule has 1 saturated heterocycles. The Morgan fingerprint density at radius 1 is 1.14 bits per heavy atom. The van der Waals surface area contributed by atoms with Crippen LogP contribution >= 0.6 is 0 Å². The molecule has 0 radical (unpaired) electrons. The number of methoxy groups -OCH3 is 2. The Balaban J connectivity index is 1.60. The maximum atomic E-state index is 13.3. The van der Waals surface area contributed by atoms with Crippen molar-refractivity contribution in [1.29, 1.82) is 0 Å². The standard InChI is InChI=1S/C27H34N4O4/c1-4-30-12-8-11-22(30)18-31(27(33)28-16-19-9-6-5-7-10-19)17-21-13-20-14-24(34-2)25(35-3)15-23(20)29-26(21)32/h5-7,9-10,13-15,22H,4,8,11-12,16-18H2,1-3H3,(H,28,33)(H,29,32). The van der Waals surface area contributed by atoms with Crippen molar-refractivity contribution < 1.29 is 14.3 Å². The van der Waals surface area contributed by atoms with Gasteiger partial charge in [-0.15, -0.1) is 0 Å². The van der Waals surface area contributed by atoms with E-state index in [4.69, 9.17) is 9.47 Å². The van der Waals surface area contributed by atoms with Crippen molar-refractivity contribution >= 4 is 16.9 Å². The minimum atomic E-state index is -0.218. The van der Waals surface area contributed by atoms with Crippen molar-refractivity contribution in [2.75, 3.05) is 33.9 Å². The Morgan fingerprint density at radius 3 is 2.60 bits per heavy atom. The van der Waals surface area contributed by atoms with Gasteiger partial charge in [0, 0.05) is 36.1 Å². The van der Waals surface area contributed by atoms with E-state index in [1.54, 1.807) is 25.2 Å². The number of carbonyl (C=O) groups is 1. The lowest BCUT2D eigenvalue weighted by Gasteiger charge is -2.30. The smallest absolute Gasteiger partial charge is 0.318 e. The molecule has 35 heavy (non-hydrogen) atoms. The summed E-state index contributed by atoms with van der Waals surface area (Å²) in [4.78, 5) is 33.4. The van der Waals surface area contributed by atoms with Crippen LogP contribution in [0.5, 0.6) is 11.5 Å². The highest BCUT2D eigenvalue weighted by molar-refractivity contribution is 5.83. The molecule has 1 unspecified atom stereocenters. The van der Waals surface area contributed by atoms with Gasteiger partial charge in [0.15, 0.2) is 11.5 Å². The number of aromatic amines is 1. The predicted molar refractivity (Wildman–Crippen MR) is 137 cm³/mol. The number of pyridine rings is 1. The van der Waals surface area contributed by atoms with E-state index >= 15 is 0 Å². The molecular formula is C27H34N4O4. The minimum Gasteiger partial charge on any atom is -0.493 e. The van der Waals surface area contributed by atoms with Crippen LogP contribution in [0.3, 0.4) is 0 Å². The minimum absolute atomic E-state index is 0.177. The first-order valence-electron chi connectivity index (χ1n) is 12.1. The van der Waals surface area contributed by atoms with Gasteiger partial charge in [-0.3, -0.25) is 9.69 Å². The number of urea groups is 1. The van der Waals surface area contributed by atoms with Gasteiger partial charge in [-0.1, -0.05) is 37.3 Å². The second-order valence-corrected chi connectivity index (χ2v) is 8.87. The molecule has 1 aliphatic rings. The van der Waals surface area contributed by atoms with E-state index in [0.717, 1.165) is 36.9 Å². The number of hydrogen-bond acceptors (Lipinski definition) is 5. The summed E-state index contributed by atoms with van der Waals surface area (Å²) in [6.45, 7) is 5.35. The third kappa shape index (κ3) is 5.77. The average molecular weight is 479 g/mol. The van der Waals surface area contributed by atoms with Gasteiger partial charge in [-0.2, -0.15) is 0 Å². The van der Waals surface area contributed by atoms with E-state index < -0.39 is 0 Å². The first-order valence-corrected chi connectivity index (χ1v) is 12.1. The fourth-order valence-electron chi connectivity index (χ4n) is 4.78. The number of carbonyl (C=O) groups excluding carboxylic acids is 1. The van der Waals surface area contributed by atoms with Crippen LogP contribution in [0.4, 0.5) is 4.79 Å². The van der Waals surface area contributed by atoms with E-state index in [-0.39, 0.29) is 24.2 Å². The molecule has 3 aromatic rings. The van der Waals surface area contributed by atoms with Crippen LogP contribution in [0.2, 0.25) is 0 Å². The van der Waals surface area contributed by atoms with Crippen molar-refractivity contribution in [1.82, 2.24) is 20.1 Å². The van der Waals surface area contributed by atoms with Crippen LogP contribution < -0.4 is 20.3 Å². The average Bonchev–Trinajstić information content (AvgIpc) is 3.34. The molecule has 1 aromatic heterocycles. The van der Waals surface area contributed by atoms with Gasteiger partial charge in [0.2, 0.25) is 0 Å². The van der Waals surface area contributed by atoms with E-state index in [9.17, 15) is 9.59 Å². The normalized spacial score (nSPS) is 15.8. The first kappa shape index (κ1) is 24.6. The molecule has 0 spiro atoms. The van der Waals surface area contributed by atoms with E-state index in [0.29, 0.717) is 35.7 Å². The van der Waals surface area contributed by atoms with Gasteiger partial charge < -0.3 is 24.7 Å². The molecule has 4 rings (SSSR count). The Kier molecular flexibility index (Phi) is 7.92. The molecule has 2 amide bonds. The molecule has 8 heteroatoms. The number of fused-ring (bicyclic) bond motifs is 1. The number of likely N-dealkylation sites (tertiary alicyclic amines) is 1. The van der Waals surface area contributed by atoms with Crippen LogP contribution in [0.25, 0.3) is 10.9 Å². The number of rotatable bonds is 9. The SMILES string of the molecule is CCN1CCCC1CN(Cc1cc2cc(OC)c(OC)cc2[nH]c1=O)C(=O)NCc1ccccc1. The second kappa shape index (κ2) is 11.3. The number of benzene rings is 2. The Hall–Kier alpha value is -3.52. The van der Waals surface area contributed by atoms with Gasteiger partial charge in [-0.05, 0) is 43.6 Å². The number of likely N-dealkylation sites (N-methyl/N-ethyl adjacent to an activating group) is 1. The van der Waals surface area contributed by atoms with Gasteiger partial charge in [0.1, 0.15) is 0 Å². The van der Waals surface area contributed by atoms with Gasteiger partial charge >= 0.3 is 6.03 Å². The summed E-state index contributed by atoms with van der Waals surface area (Å²) in [5.41, 5.74) is 2.00. The fourth-order valence-corrected chi connectivity index (χ4v) is 4.78. The fraction of sp³-hybridized carbons (Fsp3) is 0.407. The van der Waals surface area contributed by atoms with Crippen LogP contribution in [0, 0.1) is 0 Å². The highest BCUT2D eigenvalue weighted by atomic mass is 16.5. The van der Waals surface area contributed by atoms with Crippen LogP contribution in [0.15, 0.2) is 53.3 Å². The van der Waals surface area contributed by atoms with Crippen LogP contribution in [-0.4, -0.2) is 60.7 Å².